The van der Waals surface area contributed by atoms with Crippen molar-refractivity contribution in [1.29, 1.82) is 0 Å². The molecule has 1 heterocycles. The van der Waals surface area contributed by atoms with Crippen LogP contribution in [0, 0.1) is 0 Å². The number of carbonyl (C=O) groups excluding carboxylic acids is 1. The first-order valence-corrected chi connectivity index (χ1v) is 24.9. The van der Waals surface area contributed by atoms with E-state index in [1.54, 1.807) is 6.08 Å². The van der Waals surface area contributed by atoms with Gasteiger partial charge in [-0.3, -0.25) is 4.79 Å². The van der Waals surface area contributed by atoms with E-state index in [-0.39, 0.29) is 12.5 Å². The first-order valence-electron chi connectivity index (χ1n) is 24.9. The summed E-state index contributed by atoms with van der Waals surface area (Å²) < 4.78 is 11.2. The van der Waals surface area contributed by atoms with E-state index in [1.165, 1.54) is 180 Å². The number of hydrogen-bond acceptors (Lipinski definition) is 8. The first-order chi connectivity index (χ1) is 28.3. The van der Waals surface area contributed by atoms with E-state index >= 15 is 0 Å². The number of aliphatic hydroxyl groups excluding tert-OH is 5. The Morgan fingerprint density at radius 3 is 1.34 bits per heavy atom. The van der Waals surface area contributed by atoms with Crippen molar-refractivity contribution in [1.82, 2.24) is 5.32 Å². The van der Waals surface area contributed by atoms with Gasteiger partial charge in [-0.05, 0) is 19.3 Å². The van der Waals surface area contributed by atoms with E-state index in [2.05, 4.69) is 19.2 Å². The highest BCUT2D eigenvalue weighted by Crippen LogP contribution is 2.23. The number of rotatable bonds is 42. The maximum absolute atomic E-state index is 13.0. The minimum atomic E-state index is -1.56. The van der Waals surface area contributed by atoms with Gasteiger partial charge in [0.25, 0.3) is 0 Å². The third-order valence-electron chi connectivity index (χ3n) is 12.1. The van der Waals surface area contributed by atoms with Gasteiger partial charge in [0.2, 0.25) is 5.91 Å². The summed E-state index contributed by atoms with van der Waals surface area (Å²) in [6.45, 7) is 3.79. The lowest BCUT2D eigenvalue weighted by molar-refractivity contribution is -0.302. The number of ether oxygens (including phenoxy) is 2. The number of amides is 1. The fourth-order valence-corrected chi connectivity index (χ4v) is 8.10. The number of carbonyl (C=O) groups is 1. The minimum absolute atomic E-state index is 0.173. The van der Waals surface area contributed by atoms with E-state index in [4.69, 9.17) is 9.47 Å². The van der Waals surface area contributed by atoms with E-state index < -0.39 is 49.5 Å². The molecule has 0 aromatic heterocycles. The number of hydrogen-bond donors (Lipinski definition) is 6. The maximum Gasteiger partial charge on any atom is 0.220 e. The molecule has 2 unspecified atom stereocenters. The standard InChI is InChI=1S/C49H95NO8/c1-3-5-7-9-11-13-15-17-18-19-20-21-22-23-24-25-27-29-31-33-35-37-39-45(53)50-42(41-57-49-48(56)47(55)46(54)44(40-51)58-49)43(52)38-36-34-32-30-28-26-16-14-12-10-8-6-4-2/h36,38,42-44,46-49,51-52,54-56H,3-35,37,39-41H2,1-2H3,(H,50,53)/b38-36+/t42-,43+,44+,46+,47?,48?,49+/m0/s1. The van der Waals surface area contributed by atoms with Crippen molar-refractivity contribution in [2.75, 3.05) is 13.2 Å². The van der Waals surface area contributed by atoms with E-state index in [0.717, 1.165) is 38.5 Å². The van der Waals surface area contributed by atoms with Crippen LogP contribution in [0.3, 0.4) is 0 Å². The quantitative estimate of drug-likeness (QED) is 0.0263. The fourth-order valence-electron chi connectivity index (χ4n) is 8.10. The van der Waals surface area contributed by atoms with Crippen molar-refractivity contribution in [3.05, 3.63) is 12.2 Å². The van der Waals surface area contributed by atoms with Gasteiger partial charge in [0.05, 0.1) is 25.4 Å². The van der Waals surface area contributed by atoms with Crippen LogP contribution >= 0.6 is 0 Å². The summed E-state index contributed by atoms with van der Waals surface area (Å²) in [5.74, 6) is -0.173. The Balaban J connectivity index is 2.25. The lowest BCUT2D eigenvalue weighted by Crippen LogP contribution is -2.60. The Morgan fingerprint density at radius 2 is 0.948 bits per heavy atom. The molecule has 1 amide bonds. The molecule has 0 aromatic carbocycles. The monoisotopic (exact) mass is 826 g/mol. The van der Waals surface area contributed by atoms with E-state index in [9.17, 15) is 30.3 Å². The summed E-state index contributed by atoms with van der Waals surface area (Å²) in [6, 6.07) is -0.798. The Kier molecular flexibility index (Phi) is 37.9. The molecule has 58 heavy (non-hydrogen) atoms. The lowest BCUT2D eigenvalue weighted by atomic mass is 9.99. The smallest absolute Gasteiger partial charge is 0.220 e. The van der Waals surface area contributed by atoms with Crippen LogP contribution in [0.15, 0.2) is 12.2 Å². The van der Waals surface area contributed by atoms with Gasteiger partial charge in [-0.1, -0.05) is 225 Å². The normalized spacial score (nSPS) is 20.8. The van der Waals surface area contributed by atoms with Crippen LogP contribution in [0.2, 0.25) is 0 Å². The summed E-state index contributed by atoms with van der Waals surface area (Å²) in [5.41, 5.74) is 0. The molecule has 1 rings (SSSR count). The molecule has 0 aromatic rings. The third kappa shape index (κ3) is 30.0. The zero-order valence-corrected chi connectivity index (χ0v) is 37.8. The SMILES string of the molecule is CCCCCCCCCCCCC/C=C/[C@@H](O)[C@H](CO[C@@H]1O[C@H](CO)[C@@H](O)C(O)C1O)NC(=O)CCCCCCCCCCCCCCCCCCCCCCCC. The molecule has 7 atom stereocenters. The molecule has 0 bridgehead atoms. The van der Waals surface area contributed by atoms with Gasteiger partial charge in [0.15, 0.2) is 6.29 Å². The van der Waals surface area contributed by atoms with Crippen LogP contribution in [0.5, 0.6) is 0 Å². The van der Waals surface area contributed by atoms with Gasteiger partial charge in [0.1, 0.15) is 24.4 Å². The number of aliphatic hydroxyl groups is 5. The Morgan fingerprint density at radius 1 is 0.569 bits per heavy atom. The topological polar surface area (TPSA) is 149 Å². The molecule has 1 aliphatic heterocycles. The number of allylic oxidation sites excluding steroid dienone is 1. The molecule has 1 saturated heterocycles. The second-order valence-electron chi connectivity index (χ2n) is 17.6. The number of unbranched alkanes of at least 4 members (excludes halogenated alkanes) is 32. The molecular formula is C49H95NO8. The average Bonchev–Trinajstić information content (AvgIpc) is 3.22. The van der Waals surface area contributed by atoms with Crippen LogP contribution in [0.1, 0.15) is 239 Å². The maximum atomic E-state index is 13.0. The van der Waals surface area contributed by atoms with E-state index in [1.807, 2.05) is 6.08 Å². The van der Waals surface area contributed by atoms with Crippen molar-refractivity contribution in [3.8, 4) is 0 Å². The average molecular weight is 826 g/mol. The van der Waals surface area contributed by atoms with Crippen LogP contribution < -0.4 is 5.32 Å². The van der Waals surface area contributed by atoms with Gasteiger partial charge < -0.3 is 40.3 Å². The van der Waals surface area contributed by atoms with Crippen molar-refractivity contribution < 1.29 is 39.8 Å². The number of nitrogens with one attached hydrogen (secondary N) is 1. The molecule has 344 valence electrons. The van der Waals surface area contributed by atoms with Crippen molar-refractivity contribution >= 4 is 5.91 Å². The highest BCUT2D eigenvalue weighted by Gasteiger charge is 2.44. The molecule has 6 N–H and O–H groups in total. The van der Waals surface area contributed by atoms with Gasteiger partial charge in [-0.2, -0.15) is 0 Å². The van der Waals surface area contributed by atoms with Crippen LogP contribution in [0.25, 0.3) is 0 Å². The zero-order valence-electron chi connectivity index (χ0n) is 37.8. The first kappa shape index (κ1) is 54.9. The third-order valence-corrected chi connectivity index (χ3v) is 12.1. The molecule has 0 radical (unpaired) electrons. The van der Waals surface area contributed by atoms with Crippen molar-refractivity contribution in [3.63, 3.8) is 0 Å². The van der Waals surface area contributed by atoms with Crippen LogP contribution in [-0.4, -0.2) is 87.5 Å². The zero-order chi connectivity index (χ0) is 42.3. The predicted molar refractivity (Wildman–Crippen MR) is 240 cm³/mol. The van der Waals surface area contributed by atoms with E-state index in [0.29, 0.717) is 6.42 Å². The summed E-state index contributed by atoms with van der Waals surface area (Å²) in [4.78, 5) is 13.0. The van der Waals surface area contributed by atoms with Crippen LogP contribution in [0.4, 0.5) is 0 Å². The molecule has 1 aliphatic rings. The molecule has 0 spiro atoms. The van der Waals surface area contributed by atoms with Gasteiger partial charge in [-0.15, -0.1) is 0 Å². The highest BCUT2D eigenvalue weighted by molar-refractivity contribution is 5.76. The second kappa shape index (κ2) is 40.0. The minimum Gasteiger partial charge on any atom is -0.394 e. The lowest BCUT2D eigenvalue weighted by Gasteiger charge is -2.40. The summed E-state index contributed by atoms with van der Waals surface area (Å²) in [7, 11) is 0. The predicted octanol–water partition coefficient (Wildman–Crippen LogP) is 10.9. The van der Waals surface area contributed by atoms with Crippen LogP contribution in [-0.2, 0) is 14.3 Å². The second-order valence-corrected chi connectivity index (χ2v) is 17.6. The highest BCUT2D eigenvalue weighted by atomic mass is 16.7. The molecule has 0 aliphatic carbocycles. The molecule has 1 fully saturated rings. The molecular weight excluding hydrogens is 731 g/mol. The summed E-state index contributed by atoms with van der Waals surface area (Å²) in [5, 5.41) is 54.2. The largest absolute Gasteiger partial charge is 0.394 e. The Labute approximate surface area is 356 Å². The van der Waals surface area contributed by atoms with Gasteiger partial charge in [0, 0.05) is 6.42 Å². The fraction of sp³-hybridized carbons (Fsp3) is 0.939. The molecule has 9 nitrogen and oxygen atoms in total. The van der Waals surface area contributed by atoms with Gasteiger partial charge in [-0.25, -0.2) is 0 Å². The Bertz CT molecular complexity index is 919. The summed E-state index contributed by atoms with van der Waals surface area (Å²) >= 11 is 0. The molecule has 0 saturated carbocycles. The van der Waals surface area contributed by atoms with Crippen molar-refractivity contribution in [2.24, 2.45) is 0 Å². The van der Waals surface area contributed by atoms with Crippen molar-refractivity contribution in [2.45, 2.75) is 281 Å². The summed E-state index contributed by atoms with van der Waals surface area (Å²) in [6.07, 6.45) is 39.8. The molecule has 9 heteroatoms. The van der Waals surface area contributed by atoms with Gasteiger partial charge >= 0.3 is 0 Å². The Hall–Kier alpha value is -1.07.